The molecule has 0 amide bonds. The molecule has 0 aromatic heterocycles. The predicted molar refractivity (Wildman–Crippen MR) is 61.7 cm³/mol. The second-order valence-electron chi connectivity index (χ2n) is 5.26. The number of hydrogen-bond acceptors (Lipinski definition) is 3. The monoisotopic (exact) mass is 212 g/mol. The highest BCUT2D eigenvalue weighted by Gasteiger charge is 2.38. The standard InChI is InChI=1S/C12H24N2O/c1-9(13)11-5-6-14(7-11)12(8-15-2)10-3-4-10/h9-12H,3-8,13H2,1-2H3. The van der Waals surface area contributed by atoms with Gasteiger partial charge in [0.2, 0.25) is 0 Å². The summed E-state index contributed by atoms with van der Waals surface area (Å²) in [5.74, 6) is 1.60. The summed E-state index contributed by atoms with van der Waals surface area (Å²) in [6.45, 7) is 5.44. The molecule has 3 atom stereocenters. The van der Waals surface area contributed by atoms with E-state index in [4.69, 9.17) is 10.5 Å². The van der Waals surface area contributed by atoms with Crippen LogP contribution >= 0.6 is 0 Å². The van der Waals surface area contributed by atoms with Crippen molar-refractivity contribution < 1.29 is 4.74 Å². The molecule has 2 aliphatic rings. The minimum atomic E-state index is 0.345. The second-order valence-corrected chi connectivity index (χ2v) is 5.26. The maximum atomic E-state index is 5.97. The molecule has 0 bridgehead atoms. The Bertz CT molecular complexity index is 204. The molecule has 2 rings (SSSR count). The fourth-order valence-corrected chi connectivity index (χ4v) is 2.74. The van der Waals surface area contributed by atoms with Crippen LogP contribution in [0.5, 0.6) is 0 Å². The Labute approximate surface area is 93.0 Å². The minimum Gasteiger partial charge on any atom is -0.383 e. The largest absolute Gasteiger partial charge is 0.383 e. The Hall–Kier alpha value is -0.120. The van der Waals surface area contributed by atoms with Crippen LogP contribution in [0.3, 0.4) is 0 Å². The molecule has 15 heavy (non-hydrogen) atoms. The van der Waals surface area contributed by atoms with Crippen LogP contribution in [-0.4, -0.2) is 43.8 Å². The van der Waals surface area contributed by atoms with Crippen molar-refractivity contribution in [1.29, 1.82) is 0 Å². The van der Waals surface area contributed by atoms with E-state index in [0.717, 1.165) is 12.5 Å². The number of nitrogens with two attached hydrogens (primary N) is 1. The van der Waals surface area contributed by atoms with Gasteiger partial charge in [0, 0.05) is 25.7 Å². The molecule has 88 valence electrons. The first-order chi connectivity index (χ1) is 7.22. The molecule has 2 fully saturated rings. The minimum absolute atomic E-state index is 0.345. The molecule has 1 aliphatic carbocycles. The van der Waals surface area contributed by atoms with Crippen LogP contribution < -0.4 is 5.73 Å². The third-order valence-corrected chi connectivity index (χ3v) is 3.97. The fraction of sp³-hybridized carbons (Fsp3) is 1.00. The molecule has 1 saturated carbocycles. The van der Waals surface area contributed by atoms with Gasteiger partial charge in [-0.15, -0.1) is 0 Å². The molecule has 0 radical (unpaired) electrons. The molecule has 1 aliphatic heterocycles. The van der Waals surface area contributed by atoms with E-state index in [0.29, 0.717) is 18.0 Å². The van der Waals surface area contributed by atoms with Crippen LogP contribution in [-0.2, 0) is 4.74 Å². The van der Waals surface area contributed by atoms with Crippen molar-refractivity contribution in [3.63, 3.8) is 0 Å². The highest BCUT2D eigenvalue weighted by Crippen LogP contribution is 2.37. The maximum Gasteiger partial charge on any atom is 0.0620 e. The van der Waals surface area contributed by atoms with Gasteiger partial charge in [0.1, 0.15) is 0 Å². The average Bonchev–Trinajstić information content (AvgIpc) is 2.91. The Morgan fingerprint density at radius 1 is 1.33 bits per heavy atom. The Balaban J connectivity index is 1.86. The van der Waals surface area contributed by atoms with E-state index in [-0.39, 0.29) is 0 Å². The number of likely N-dealkylation sites (tertiary alicyclic amines) is 1. The van der Waals surface area contributed by atoms with Gasteiger partial charge in [-0.05, 0) is 44.6 Å². The molecular formula is C12H24N2O. The summed E-state index contributed by atoms with van der Waals surface area (Å²) in [5, 5.41) is 0. The summed E-state index contributed by atoms with van der Waals surface area (Å²) in [7, 11) is 1.81. The zero-order chi connectivity index (χ0) is 10.8. The molecule has 3 unspecified atom stereocenters. The first-order valence-electron chi connectivity index (χ1n) is 6.21. The van der Waals surface area contributed by atoms with Crippen molar-refractivity contribution in [2.45, 2.75) is 38.3 Å². The zero-order valence-corrected chi connectivity index (χ0v) is 9.98. The highest BCUT2D eigenvalue weighted by molar-refractivity contribution is 4.92. The van der Waals surface area contributed by atoms with Crippen LogP contribution in [0.1, 0.15) is 26.2 Å². The Morgan fingerprint density at radius 2 is 2.07 bits per heavy atom. The molecule has 3 nitrogen and oxygen atoms in total. The molecule has 0 spiro atoms. The quantitative estimate of drug-likeness (QED) is 0.741. The summed E-state index contributed by atoms with van der Waals surface area (Å²) in [5.41, 5.74) is 5.97. The number of methoxy groups -OCH3 is 1. The van der Waals surface area contributed by atoms with Crippen molar-refractivity contribution in [2.24, 2.45) is 17.6 Å². The molecular weight excluding hydrogens is 188 g/mol. The zero-order valence-electron chi connectivity index (χ0n) is 9.98. The van der Waals surface area contributed by atoms with Gasteiger partial charge in [-0.1, -0.05) is 0 Å². The van der Waals surface area contributed by atoms with E-state index >= 15 is 0 Å². The molecule has 1 heterocycles. The topological polar surface area (TPSA) is 38.5 Å². The second kappa shape index (κ2) is 4.81. The van der Waals surface area contributed by atoms with Gasteiger partial charge in [0.05, 0.1) is 6.61 Å². The lowest BCUT2D eigenvalue weighted by atomic mass is 10.0. The van der Waals surface area contributed by atoms with Gasteiger partial charge in [-0.3, -0.25) is 4.90 Å². The number of rotatable bonds is 5. The fourth-order valence-electron chi connectivity index (χ4n) is 2.74. The molecule has 0 aromatic rings. The first kappa shape index (κ1) is 11.4. The van der Waals surface area contributed by atoms with E-state index < -0.39 is 0 Å². The van der Waals surface area contributed by atoms with Crippen LogP contribution in [0.2, 0.25) is 0 Å². The van der Waals surface area contributed by atoms with Crippen LogP contribution in [0, 0.1) is 11.8 Å². The third kappa shape index (κ3) is 2.71. The summed E-state index contributed by atoms with van der Waals surface area (Å²) in [6, 6.07) is 1.01. The number of nitrogens with zero attached hydrogens (tertiary/aromatic N) is 1. The summed E-state index contributed by atoms with van der Waals surface area (Å²) >= 11 is 0. The SMILES string of the molecule is COCC(C1CC1)N1CCC(C(C)N)C1. The van der Waals surface area contributed by atoms with E-state index in [1.54, 1.807) is 0 Å². The van der Waals surface area contributed by atoms with Gasteiger partial charge in [0.15, 0.2) is 0 Å². The van der Waals surface area contributed by atoms with Crippen LogP contribution in [0.15, 0.2) is 0 Å². The van der Waals surface area contributed by atoms with Gasteiger partial charge >= 0.3 is 0 Å². The first-order valence-corrected chi connectivity index (χ1v) is 6.21. The number of ether oxygens (including phenoxy) is 1. The smallest absolute Gasteiger partial charge is 0.0620 e. The van der Waals surface area contributed by atoms with Crippen molar-refractivity contribution in [3.05, 3.63) is 0 Å². The van der Waals surface area contributed by atoms with Crippen molar-refractivity contribution >= 4 is 0 Å². The van der Waals surface area contributed by atoms with E-state index in [1.807, 2.05) is 7.11 Å². The number of hydrogen-bond donors (Lipinski definition) is 1. The van der Waals surface area contributed by atoms with Crippen molar-refractivity contribution in [1.82, 2.24) is 4.90 Å². The van der Waals surface area contributed by atoms with Crippen LogP contribution in [0.25, 0.3) is 0 Å². The lowest BCUT2D eigenvalue weighted by Crippen LogP contribution is -2.40. The third-order valence-electron chi connectivity index (χ3n) is 3.97. The highest BCUT2D eigenvalue weighted by atomic mass is 16.5. The molecule has 0 aromatic carbocycles. The van der Waals surface area contributed by atoms with E-state index in [2.05, 4.69) is 11.8 Å². The van der Waals surface area contributed by atoms with Gasteiger partial charge in [-0.2, -0.15) is 0 Å². The summed E-state index contributed by atoms with van der Waals surface area (Å²) in [4.78, 5) is 2.61. The normalized spacial score (nSPS) is 31.8. The summed E-state index contributed by atoms with van der Waals surface area (Å²) in [6.07, 6.45) is 4.06. The molecule has 1 saturated heterocycles. The van der Waals surface area contributed by atoms with Gasteiger partial charge < -0.3 is 10.5 Å². The van der Waals surface area contributed by atoms with Gasteiger partial charge in [0.25, 0.3) is 0 Å². The lowest BCUT2D eigenvalue weighted by molar-refractivity contribution is 0.0899. The predicted octanol–water partition coefficient (Wildman–Crippen LogP) is 1.08. The van der Waals surface area contributed by atoms with Gasteiger partial charge in [-0.25, -0.2) is 0 Å². The van der Waals surface area contributed by atoms with Crippen molar-refractivity contribution in [2.75, 3.05) is 26.8 Å². The molecule has 2 N–H and O–H groups in total. The Morgan fingerprint density at radius 3 is 2.53 bits per heavy atom. The molecule has 3 heteroatoms. The van der Waals surface area contributed by atoms with E-state index in [9.17, 15) is 0 Å². The van der Waals surface area contributed by atoms with Crippen LogP contribution in [0.4, 0.5) is 0 Å². The lowest BCUT2D eigenvalue weighted by Gasteiger charge is -2.27. The van der Waals surface area contributed by atoms with Crippen molar-refractivity contribution in [3.8, 4) is 0 Å². The average molecular weight is 212 g/mol. The van der Waals surface area contributed by atoms with E-state index in [1.165, 1.54) is 32.4 Å². The Kier molecular flexibility index (Phi) is 3.65. The maximum absolute atomic E-state index is 5.97. The summed E-state index contributed by atoms with van der Waals surface area (Å²) < 4.78 is 5.34.